The lowest BCUT2D eigenvalue weighted by Gasteiger charge is -2.04. The Bertz CT molecular complexity index is 807. The molecule has 21 heavy (non-hydrogen) atoms. The van der Waals surface area contributed by atoms with E-state index in [1.807, 2.05) is 43.3 Å². The smallest absolute Gasteiger partial charge is 0.267 e. The van der Waals surface area contributed by atoms with Gasteiger partial charge >= 0.3 is 0 Å². The molecule has 3 aromatic rings. The number of hydrogen-bond acceptors (Lipinski definition) is 1. The van der Waals surface area contributed by atoms with Crippen LogP contribution >= 0.6 is 11.6 Å². The van der Waals surface area contributed by atoms with Crippen LogP contribution in [0.15, 0.2) is 48.5 Å². The fraction of sp³-hybridized carbons (Fsp3) is 0.118. The van der Waals surface area contributed by atoms with Crippen molar-refractivity contribution in [3.05, 3.63) is 70.4 Å². The fourth-order valence-electron chi connectivity index (χ4n) is 2.33. The van der Waals surface area contributed by atoms with Gasteiger partial charge in [0.1, 0.15) is 5.69 Å². The molecule has 0 atom stereocenters. The van der Waals surface area contributed by atoms with E-state index in [1.165, 1.54) is 5.56 Å². The second-order valence-corrected chi connectivity index (χ2v) is 5.52. The molecule has 0 aliphatic heterocycles. The highest BCUT2D eigenvalue weighted by molar-refractivity contribution is 6.31. The molecule has 4 heteroatoms. The summed E-state index contributed by atoms with van der Waals surface area (Å²) in [5, 5.41) is 4.51. The van der Waals surface area contributed by atoms with E-state index in [0.29, 0.717) is 17.3 Å². The number of rotatable bonds is 3. The Labute approximate surface area is 127 Å². The maximum absolute atomic E-state index is 12.2. The highest BCUT2D eigenvalue weighted by Crippen LogP contribution is 2.20. The third kappa shape index (κ3) is 3.09. The standard InChI is InChI=1S/C17H15ClN2O/c1-11-3-2-4-12(7-11)10-19-17(21)16-9-13-8-14(18)5-6-15(13)20-16/h2-9,20H,10H2,1H3,(H,19,21). The average molecular weight is 299 g/mol. The van der Waals surface area contributed by atoms with Crippen LogP contribution in [0.25, 0.3) is 10.9 Å². The summed E-state index contributed by atoms with van der Waals surface area (Å²) >= 11 is 5.95. The molecular formula is C17H15ClN2O. The minimum atomic E-state index is -0.121. The lowest BCUT2D eigenvalue weighted by Crippen LogP contribution is -2.23. The molecule has 1 aromatic heterocycles. The van der Waals surface area contributed by atoms with E-state index in [-0.39, 0.29) is 5.91 Å². The molecule has 2 aromatic carbocycles. The van der Waals surface area contributed by atoms with E-state index in [0.717, 1.165) is 16.5 Å². The number of carbonyl (C=O) groups is 1. The number of aromatic nitrogens is 1. The van der Waals surface area contributed by atoms with Crippen molar-refractivity contribution in [3.63, 3.8) is 0 Å². The fourth-order valence-corrected chi connectivity index (χ4v) is 2.51. The first-order valence-corrected chi connectivity index (χ1v) is 7.11. The third-order valence-corrected chi connectivity index (χ3v) is 3.60. The van der Waals surface area contributed by atoms with Crippen molar-refractivity contribution in [1.29, 1.82) is 0 Å². The van der Waals surface area contributed by atoms with Gasteiger partial charge in [0, 0.05) is 22.5 Å². The van der Waals surface area contributed by atoms with Gasteiger partial charge in [0.05, 0.1) is 0 Å². The number of hydrogen-bond donors (Lipinski definition) is 2. The van der Waals surface area contributed by atoms with Crippen LogP contribution in [0.2, 0.25) is 5.02 Å². The molecule has 0 spiro atoms. The SMILES string of the molecule is Cc1cccc(CNC(=O)c2cc3cc(Cl)ccc3[nH]2)c1. The first-order chi connectivity index (χ1) is 10.1. The number of carbonyl (C=O) groups excluding carboxylic acids is 1. The molecule has 0 aliphatic carbocycles. The van der Waals surface area contributed by atoms with Crippen LogP contribution in [-0.4, -0.2) is 10.9 Å². The number of aryl methyl sites for hydroxylation is 1. The molecule has 0 saturated carbocycles. The summed E-state index contributed by atoms with van der Waals surface area (Å²) < 4.78 is 0. The number of amides is 1. The zero-order valence-corrected chi connectivity index (χ0v) is 12.4. The summed E-state index contributed by atoms with van der Waals surface area (Å²) in [4.78, 5) is 15.3. The van der Waals surface area contributed by atoms with E-state index < -0.39 is 0 Å². The van der Waals surface area contributed by atoms with Crippen molar-refractivity contribution in [2.75, 3.05) is 0 Å². The molecule has 0 bridgehead atoms. The van der Waals surface area contributed by atoms with Gasteiger partial charge in [-0.25, -0.2) is 0 Å². The highest BCUT2D eigenvalue weighted by Gasteiger charge is 2.09. The number of aromatic amines is 1. The van der Waals surface area contributed by atoms with Crippen molar-refractivity contribution in [2.24, 2.45) is 0 Å². The van der Waals surface area contributed by atoms with Crippen molar-refractivity contribution in [1.82, 2.24) is 10.3 Å². The maximum Gasteiger partial charge on any atom is 0.267 e. The van der Waals surface area contributed by atoms with E-state index >= 15 is 0 Å². The second-order valence-electron chi connectivity index (χ2n) is 5.09. The first-order valence-electron chi connectivity index (χ1n) is 6.74. The maximum atomic E-state index is 12.2. The zero-order valence-electron chi connectivity index (χ0n) is 11.6. The Hall–Kier alpha value is -2.26. The molecule has 0 unspecified atom stereocenters. The topological polar surface area (TPSA) is 44.9 Å². The van der Waals surface area contributed by atoms with Crippen LogP contribution in [0.3, 0.4) is 0 Å². The molecule has 1 heterocycles. The molecule has 2 N–H and O–H groups in total. The Morgan fingerprint density at radius 2 is 2.05 bits per heavy atom. The van der Waals surface area contributed by atoms with Crippen LogP contribution in [0, 0.1) is 6.92 Å². The summed E-state index contributed by atoms with van der Waals surface area (Å²) in [5.41, 5.74) is 3.71. The lowest BCUT2D eigenvalue weighted by atomic mass is 10.1. The minimum absolute atomic E-state index is 0.121. The number of fused-ring (bicyclic) bond motifs is 1. The number of nitrogens with one attached hydrogen (secondary N) is 2. The monoisotopic (exact) mass is 298 g/mol. The van der Waals surface area contributed by atoms with Crippen molar-refractivity contribution < 1.29 is 4.79 Å². The van der Waals surface area contributed by atoms with Crippen LogP contribution in [0.1, 0.15) is 21.6 Å². The summed E-state index contributed by atoms with van der Waals surface area (Å²) in [6.07, 6.45) is 0. The number of halogens is 1. The van der Waals surface area contributed by atoms with Gasteiger partial charge in [-0.2, -0.15) is 0 Å². The lowest BCUT2D eigenvalue weighted by molar-refractivity contribution is 0.0946. The Morgan fingerprint density at radius 3 is 2.86 bits per heavy atom. The zero-order chi connectivity index (χ0) is 14.8. The second kappa shape index (κ2) is 5.62. The molecule has 3 rings (SSSR count). The summed E-state index contributed by atoms with van der Waals surface area (Å²) in [5.74, 6) is -0.121. The van der Waals surface area contributed by atoms with Crippen LogP contribution in [0.4, 0.5) is 0 Å². The predicted octanol–water partition coefficient (Wildman–Crippen LogP) is 4.06. The molecule has 0 saturated heterocycles. The van der Waals surface area contributed by atoms with E-state index in [2.05, 4.69) is 16.4 Å². The van der Waals surface area contributed by atoms with Gasteiger partial charge in [-0.1, -0.05) is 41.4 Å². The molecule has 0 fully saturated rings. The van der Waals surface area contributed by atoms with E-state index in [9.17, 15) is 4.79 Å². The van der Waals surface area contributed by atoms with Crippen LogP contribution < -0.4 is 5.32 Å². The van der Waals surface area contributed by atoms with Gasteiger partial charge in [0.25, 0.3) is 5.91 Å². The Morgan fingerprint density at radius 1 is 1.19 bits per heavy atom. The summed E-state index contributed by atoms with van der Waals surface area (Å²) in [7, 11) is 0. The van der Waals surface area contributed by atoms with Crippen molar-refractivity contribution in [3.8, 4) is 0 Å². The molecule has 1 amide bonds. The quantitative estimate of drug-likeness (QED) is 0.752. The molecule has 3 nitrogen and oxygen atoms in total. The minimum Gasteiger partial charge on any atom is -0.351 e. The highest BCUT2D eigenvalue weighted by atomic mass is 35.5. The molecular weight excluding hydrogens is 284 g/mol. The van der Waals surface area contributed by atoms with E-state index in [4.69, 9.17) is 11.6 Å². The summed E-state index contributed by atoms with van der Waals surface area (Å²) in [6.45, 7) is 2.55. The normalized spacial score (nSPS) is 10.8. The van der Waals surface area contributed by atoms with Gasteiger partial charge < -0.3 is 10.3 Å². The van der Waals surface area contributed by atoms with Crippen LogP contribution in [-0.2, 0) is 6.54 Å². The summed E-state index contributed by atoms with van der Waals surface area (Å²) in [6, 6.07) is 15.4. The first kappa shape index (κ1) is 13.7. The van der Waals surface area contributed by atoms with Gasteiger partial charge in [-0.15, -0.1) is 0 Å². The van der Waals surface area contributed by atoms with Gasteiger partial charge in [-0.3, -0.25) is 4.79 Å². The van der Waals surface area contributed by atoms with Crippen molar-refractivity contribution in [2.45, 2.75) is 13.5 Å². The number of benzene rings is 2. The Balaban J connectivity index is 1.74. The van der Waals surface area contributed by atoms with E-state index in [1.54, 1.807) is 6.07 Å². The molecule has 0 aliphatic rings. The molecule has 106 valence electrons. The largest absolute Gasteiger partial charge is 0.351 e. The predicted molar refractivity (Wildman–Crippen MR) is 85.7 cm³/mol. The van der Waals surface area contributed by atoms with Crippen molar-refractivity contribution >= 4 is 28.4 Å². The van der Waals surface area contributed by atoms with Gasteiger partial charge in [0.15, 0.2) is 0 Å². The average Bonchev–Trinajstić information content (AvgIpc) is 2.88. The van der Waals surface area contributed by atoms with Gasteiger partial charge in [-0.05, 0) is 36.8 Å². The third-order valence-electron chi connectivity index (χ3n) is 3.36. The van der Waals surface area contributed by atoms with Crippen LogP contribution in [0.5, 0.6) is 0 Å². The van der Waals surface area contributed by atoms with Gasteiger partial charge in [0.2, 0.25) is 0 Å². The Kier molecular flexibility index (Phi) is 3.67. The number of H-pyrrole nitrogens is 1. The molecule has 0 radical (unpaired) electrons.